The molecular weight excluding hydrogens is 544 g/mol. The highest BCUT2D eigenvalue weighted by Gasteiger charge is 2.30. The van der Waals surface area contributed by atoms with Gasteiger partial charge in [0.1, 0.15) is 23.6 Å². The lowest BCUT2D eigenvalue weighted by molar-refractivity contribution is -0.0509. The van der Waals surface area contributed by atoms with E-state index >= 15 is 0 Å². The summed E-state index contributed by atoms with van der Waals surface area (Å²) >= 11 is 6.17. The van der Waals surface area contributed by atoms with E-state index in [1.165, 1.54) is 0 Å². The number of nitrogens with one attached hydrogen (secondary N) is 2. The topological polar surface area (TPSA) is 114 Å². The second kappa shape index (κ2) is 12.0. The predicted octanol–water partition coefficient (Wildman–Crippen LogP) is 4.16. The van der Waals surface area contributed by atoms with E-state index in [9.17, 15) is 15.0 Å². The Bertz CT molecular complexity index is 1510. The summed E-state index contributed by atoms with van der Waals surface area (Å²) in [4.78, 5) is 21.1. The van der Waals surface area contributed by atoms with Crippen LogP contribution < -0.4 is 10.1 Å². The largest absolute Gasteiger partial charge is 0.488 e. The van der Waals surface area contributed by atoms with Gasteiger partial charge in [-0.3, -0.25) is 9.69 Å². The fraction of sp³-hybridized carbons (Fsp3) is 0.452. The Morgan fingerprint density at radius 2 is 1.95 bits per heavy atom. The molecule has 0 radical (unpaired) electrons. The molecule has 2 aliphatic rings. The van der Waals surface area contributed by atoms with E-state index in [4.69, 9.17) is 20.8 Å². The van der Waals surface area contributed by atoms with Gasteiger partial charge in [-0.15, -0.1) is 0 Å². The van der Waals surface area contributed by atoms with Gasteiger partial charge in [0.25, 0.3) is 5.91 Å². The molecule has 4 heterocycles. The van der Waals surface area contributed by atoms with Crippen LogP contribution in [0.1, 0.15) is 42.2 Å². The molecule has 4 N–H and O–H groups in total. The zero-order valence-corrected chi connectivity index (χ0v) is 23.9. The number of amides is 1. The number of hydrogen-bond donors (Lipinski definition) is 4. The summed E-state index contributed by atoms with van der Waals surface area (Å²) in [5.74, 6) is 0.572. The molecule has 41 heavy (non-hydrogen) atoms. The van der Waals surface area contributed by atoms with Crippen molar-refractivity contribution in [3.63, 3.8) is 0 Å². The molecule has 10 heteroatoms. The van der Waals surface area contributed by atoms with Gasteiger partial charge in [0.05, 0.1) is 18.5 Å². The molecule has 6 rings (SSSR count). The fourth-order valence-corrected chi connectivity index (χ4v) is 6.23. The van der Waals surface area contributed by atoms with Gasteiger partial charge in [-0.05, 0) is 62.6 Å². The molecule has 2 saturated heterocycles. The number of nitrogens with zero attached hydrogens (tertiary/aromatic N) is 2. The SMILES string of the molecule is C[C@@H](CN1CCC(NC(=O)c2cc3c(OCc4coc5ccc(Cl)cc45)cccc3[nH]2)CC1)N1CCC(O)C(O)C1. The third kappa shape index (κ3) is 6.24. The molecule has 1 amide bonds. The van der Waals surface area contributed by atoms with Crippen LogP contribution in [0.2, 0.25) is 5.02 Å². The summed E-state index contributed by atoms with van der Waals surface area (Å²) in [5.41, 5.74) is 3.01. The summed E-state index contributed by atoms with van der Waals surface area (Å²) in [6.07, 6.45) is 2.78. The molecule has 4 aromatic rings. The van der Waals surface area contributed by atoms with Crippen LogP contribution in [0.25, 0.3) is 21.9 Å². The lowest BCUT2D eigenvalue weighted by Gasteiger charge is -2.40. The molecule has 2 unspecified atom stereocenters. The second-order valence-corrected chi connectivity index (χ2v) is 11.8. The van der Waals surface area contributed by atoms with Gasteiger partial charge >= 0.3 is 0 Å². The number of hydrogen-bond acceptors (Lipinski definition) is 7. The first-order chi connectivity index (χ1) is 19.8. The van der Waals surface area contributed by atoms with Crippen molar-refractivity contribution in [3.05, 3.63) is 65.0 Å². The highest BCUT2D eigenvalue weighted by molar-refractivity contribution is 6.31. The third-order valence-corrected chi connectivity index (χ3v) is 8.75. The maximum Gasteiger partial charge on any atom is 0.267 e. The van der Waals surface area contributed by atoms with Crippen molar-refractivity contribution in [2.75, 3.05) is 32.7 Å². The van der Waals surface area contributed by atoms with E-state index in [-0.39, 0.29) is 11.9 Å². The Labute approximate surface area is 244 Å². The van der Waals surface area contributed by atoms with Crippen LogP contribution >= 0.6 is 11.6 Å². The number of likely N-dealkylation sites (tertiary alicyclic amines) is 2. The van der Waals surface area contributed by atoms with E-state index in [0.29, 0.717) is 42.1 Å². The highest BCUT2D eigenvalue weighted by atomic mass is 35.5. The zero-order chi connectivity index (χ0) is 28.5. The van der Waals surface area contributed by atoms with Crippen LogP contribution in [-0.2, 0) is 6.61 Å². The summed E-state index contributed by atoms with van der Waals surface area (Å²) < 4.78 is 11.8. The van der Waals surface area contributed by atoms with Crippen molar-refractivity contribution in [1.82, 2.24) is 20.1 Å². The van der Waals surface area contributed by atoms with Crippen molar-refractivity contribution in [2.24, 2.45) is 0 Å². The maximum absolute atomic E-state index is 13.2. The van der Waals surface area contributed by atoms with Gasteiger partial charge in [0, 0.05) is 71.7 Å². The van der Waals surface area contributed by atoms with Crippen LogP contribution in [0.15, 0.2) is 53.1 Å². The Hall–Kier alpha value is -3.08. The molecule has 3 atom stereocenters. The van der Waals surface area contributed by atoms with Crippen molar-refractivity contribution >= 4 is 39.4 Å². The Balaban J connectivity index is 1.03. The summed E-state index contributed by atoms with van der Waals surface area (Å²) in [6, 6.07) is 13.5. The van der Waals surface area contributed by atoms with Crippen LogP contribution in [0.5, 0.6) is 5.75 Å². The van der Waals surface area contributed by atoms with E-state index in [1.54, 1.807) is 12.3 Å². The number of H-pyrrole nitrogens is 1. The molecule has 2 aromatic carbocycles. The number of carbonyl (C=O) groups is 1. The number of ether oxygens (including phenoxy) is 1. The van der Waals surface area contributed by atoms with Gasteiger partial charge in [0.15, 0.2) is 0 Å². The number of aromatic nitrogens is 1. The lowest BCUT2D eigenvalue weighted by Crippen LogP contribution is -2.54. The number of aliphatic hydroxyl groups excluding tert-OH is 2. The van der Waals surface area contributed by atoms with Crippen LogP contribution in [0.3, 0.4) is 0 Å². The van der Waals surface area contributed by atoms with Gasteiger partial charge in [-0.25, -0.2) is 0 Å². The molecule has 2 fully saturated rings. The quantitative estimate of drug-likeness (QED) is 0.247. The number of aromatic amines is 1. The maximum atomic E-state index is 13.2. The average Bonchev–Trinajstić information content (AvgIpc) is 3.59. The number of rotatable bonds is 8. The average molecular weight is 581 g/mol. The number of benzene rings is 2. The third-order valence-electron chi connectivity index (χ3n) is 8.51. The molecule has 0 aliphatic carbocycles. The number of furan rings is 1. The molecule has 0 bridgehead atoms. The summed E-state index contributed by atoms with van der Waals surface area (Å²) in [5, 5.41) is 25.4. The Morgan fingerprint density at radius 1 is 1.12 bits per heavy atom. The molecular formula is C31H37ClN4O5. The van der Waals surface area contributed by atoms with Crippen molar-refractivity contribution in [1.29, 1.82) is 0 Å². The van der Waals surface area contributed by atoms with E-state index in [1.807, 2.05) is 36.4 Å². The first-order valence-electron chi connectivity index (χ1n) is 14.4. The minimum absolute atomic E-state index is 0.115. The number of aliphatic hydroxyl groups is 2. The summed E-state index contributed by atoms with van der Waals surface area (Å²) in [7, 11) is 0. The van der Waals surface area contributed by atoms with Gasteiger partial charge < -0.3 is 34.6 Å². The monoisotopic (exact) mass is 580 g/mol. The van der Waals surface area contributed by atoms with E-state index in [0.717, 1.165) is 66.5 Å². The molecule has 2 aliphatic heterocycles. The number of β-amino-alcohol motifs (C(OH)–C–C–N with tert-alkyl or cyclic N) is 1. The number of fused-ring (bicyclic) bond motifs is 2. The number of carbonyl (C=O) groups excluding carboxylic acids is 1. The lowest BCUT2D eigenvalue weighted by atomic mass is 10.0. The van der Waals surface area contributed by atoms with Gasteiger partial charge in [0.2, 0.25) is 0 Å². The van der Waals surface area contributed by atoms with Crippen LogP contribution in [-0.4, -0.2) is 87.9 Å². The zero-order valence-electron chi connectivity index (χ0n) is 23.2. The van der Waals surface area contributed by atoms with Crippen molar-refractivity contribution in [3.8, 4) is 5.75 Å². The molecule has 218 valence electrons. The van der Waals surface area contributed by atoms with Crippen LogP contribution in [0.4, 0.5) is 0 Å². The second-order valence-electron chi connectivity index (χ2n) is 11.4. The molecule has 0 spiro atoms. The predicted molar refractivity (Wildman–Crippen MR) is 158 cm³/mol. The number of halogens is 1. The van der Waals surface area contributed by atoms with Gasteiger partial charge in [-0.1, -0.05) is 17.7 Å². The Morgan fingerprint density at radius 3 is 2.76 bits per heavy atom. The smallest absolute Gasteiger partial charge is 0.267 e. The minimum atomic E-state index is -0.671. The summed E-state index contributed by atoms with van der Waals surface area (Å²) in [6.45, 7) is 6.55. The normalized spacial score (nSPS) is 21.9. The number of piperidine rings is 2. The fourth-order valence-electron chi connectivity index (χ4n) is 6.05. The van der Waals surface area contributed by atoms with E-state index < -0.39 is 12.2 Å². The molecule has 0 saturated carbocycles. The molecule has 9 nitrogen and oxygen atoms in total. The molecule has 2 aromatic heterocycles. The van der Waals surface area contributed by atoms with E-state index in [2.05, 4.69) is 27.0 Å². The van der Waals surface area contributed by atoms with Gasteiger partial charge in [-0.2, -0.15) is 0 Å². The standard InChI is InChI=1S/C31H37ClN4O5/c1-19(36-12-9-27(37)28(38)16-36)15-35-10-7-22(8-11-35)33-31(39)26-14-24-25(34-26)3-2-4-29(24)40-17-20-18-41-30-6-5-21(32)13-23(20)30/h2-6,13-14,18-19,22,27-28,34,37-38H,7-12,15-17H2,1H3,(H,33,39)/t19-,27?,28?/m0/s1. The van der Waals surface area contributed by atoms with Crippen molar-refractivity contribution < 1.29 is 24.2 Å². The first kappa shape index (κ1) is 28.1. The first-order valence-corrected chi connectivity index (χ1v) is 14.8. The van der Waals surface area contributed by atoms with Crippen LogP contribution in [0, 0.1) is 0 Å². The highest BCUT2D eigenvalue weighted by Crippen LogP contribution is 2.30. The Kier molecular flexibility index (Phi) is 8.23. The van der Waals surface area contributed by atoms with Crippen molar-refractivity contribution in [2.45, 2.75) is 57.1 Å². The minimum Gasteiger partial charge on any atom is -0.488 e.